The minimum absolute atomic E-state index is 0.0193. The Morgan fingerprint density at radius 2 is 1.83 bits per heavy atom. The van der Waals surface area contributed by atoms with E-state index >= 15 is 0 Å². The Labute approximate surface area is 134 Å². The number of ketones is 1. The molecule has 0 saturated carbocycles. The molecule has 1 aliphatic rings. The molecule has 0 fully saturated rings. The zero-order valence-corrected chi connectivity index (χ0v) is 12.8. The summed E-state index contributed by atoms with van der Waals surface area (Å²) in [5.74, 6) is -0.395. The number of nitrogens with one attached hydrogen (secondary N) is 1. The molecule has 0 heterocycles. The number of carbonyl (C=O) groups is 2. The number of ether oxygens (including phenoxy) is 1. The van der Waals surface area contributed by atoms with Crippen molar-refractivity contribution in [2.75, 3.05) is 19.0 Å². The summed E-state index contributed by atoms with van der Waals surface area (Å²) in [6.07, 6.45) is 2.58. The van der Waals surface area contributed by atoms with Crippen LogP contribution in [0, 0.1) is 0 Å². The van der Waals surface area contributed by atoms with Gasteiger partial charge in [-0.05, 0) is 29.3 Å². The van der Waals surface area contributed by atoms with Crippen LogP contribution in [0.4, 0.5) is 5.69 Å². The summed E-state index contributed by atoms with van der Waals surface area (Å²) in [5, 5.41) is 2.97. The lowest BCUT2D eigenvalue weighted by atomic mass is 10.00. The van der Waals surface area contributed by atoms with E-state index in [2.05, 4.69) is 10.1 Å². The average Bonchev–Trinajstić information content (AvgIpc) is 3.03. The summed E-state index contributed by atoms with van der Waals surface area (Å²) in [5.41, 5.74) is 4.22. The van der Waals surface area contributed by atoms with Gasteiger partial charge in [0.2, 0.25) is 0 Å². The topological polar surface area (TPSA) is 55.4 Å². The van der Waals surface area contributed by atoms with Gasteiger partial charge in [0.1, 0.15) is 6.54 Å². The van der Waals surface area contributed by atoms with Crippen molar-refractivity contribution in [3.63, 3.8) is 0 Å². The standard InChI is InChI=1S/C19H17NO3/c1-23-18(21)12-20-17-9-5-4-8-16(17)19(22)15-10-13-6-2-3-7-14(13)11-15/h2-10,20H,11-12H2,1H3. The smallest absolute Gasteiger partial charge is 0.325 e. The van der Waals surface area contributed by atoms with Crippen LogP contribution in [0.1, 0.15) is 21.5 Å². The first kappa shape index (κ1) is 15.0. The molecule has 0 spiro atoms. The lowest BCUT2D eigenvalue weighted by Crippen LogP contribution is -2.17. The Morgan fingerprint density at radius 3 is 2.61 bits per heavy atom. The van der Waals surface area contributed by atoms with E-state index in [0.29, 0.717) is 17.7 Å². The largest absolute Gasteiger partial charge is 0.468 e. The van der Waals surface area contributed by atoms with Crippen molar-refractivity contribution >= 4 is 23.5 Å². The van der Waals surface area contributed by atoms with E-state index < -0.39 is 0 Å². The number of hydrogen-bond acceptors (Lipinski definition) is 4. The van der Waals surface area contributed by atoms with Crippen molar-refractivity contribution in [2.24, 2.45) is 0 Å². The van der Waals surface area contributed by atoms with Gasteiger partial charge in [-0.1, -0.05) is 36.4 Å². The van der Waals surface area contributed by atoms with Gasteiger partial charge in [-0.2, -0.15) is 0 Å². The summed E-state index contributed by atoms with van der Waals surface area (Å²) in [7, 11) is 1.33. The monoisotopic (exact) mass is 307 g/mol. The molecule has 4 heteroatoms. The Kier molecular flexibility index (Phi) is 4.24. The van der Waals surface area contributed by atoms with E-state index in [9.17, 15) is 9.59 Å². The lowest BCUT2D eigenvalue weighted by molar-refractivity contribution is -0.138. The Bertz CT molecular complexity index is 793. The third kappa shape index (κ3) is 3.16. The van der Waals surface area contributed by atoms with Gasteiger partial charge in [0.05, 0.1) is 7.11 Å². The highest BCUT2D eigenvalue weighted by atomic mass is 16.5. The second-order valence-electron chi connectivity index (χ2n) is 5.35. The van der Waals surface area contributed by atoms with Crippen LogP contribution in [-0.4, -0.2) is 25.4 Å². The maximum Gasteiger partial charge on any atom is 0.325 e. The van der Waals surface area contributed by atoms with Crippen LogP contribution in [0.15, 0.2) is 54.1 Å². The molecule has 0 unspecified atom stereocenters. The first-order valence-electron chi connectivity index (χ1n) is 7.42. The summed E-state index contributed by atoms with van der Waals surface area (Å²) < 4.78 is 4.62. The molecule has 2 aromatic carbocycles. The Morgan fingerprint density at radius 1 is 1.09 bits per heavy atom. The summed E-state index contributed by atoms with van der Waals surface area (Å²) in [4.78, 5) is 24.1. The quantitative estimate of drug-likeness (QED) is 0.681. The van der Waals surface area contributed by atoms with Crippen LogP contribution < -0.4 is 5.32 Å². The number of allylic oxidation sites excluding steroid dienone is 1. The normalized spacial score (nSPS) is 12.3. The number of carbonyl (C=O) groups excluding carboxylic acids is 2. The number of para-hydroxylation sites is 1. The zero-order chi connectivity index (χ0) is 16.2. The van der Waals surface area contributed by atoms with Crippen molar-refractivity contribution in [3.8, 4) is 0 Å². The molecular formula is C19H17NO3. The molecule has 0 amide bonds. The number of rotatable bonds is 5. The fraction of sp³-hybridized carbons (Fsp3) is 0.158. The van der Waals surface area contributed by atoms with Crippen LogP contribution in [0.25, 0.3) is 6.08 Å². The number of anilines is 1. The molecule has 4 nitrogen and oxygen atoms in total. The molecule has 23 heavy (non-hydrogen) atoms. The summed E-state index contributed by atoms with van der Waals surface area (Å²) in [6.45, 7) is 0.0278. The van der Waals surface area contributed by atoms with E-state index in [1.54, 1.807) is 12.1 Å². The van der Waals surface area contributed by atoms with Gasteiger partial charge in [-0.3, -0.25) is 9.59 Å². The van der Waals surface area contributed by atoms with Crippen molar-refractivity contribution in [1.29, 1.82) is 0 Å². The second-order valence-corrected chi connectivity index (χ2v) is 5.35. The van der Waals surface area contributed by atoms with E-state index in [0.717, 1.165) is 16.7 Å². The number of methoxy groups -OCH3 is 1. The highest BCUT2D eigenvalue weighted by Crippen LogP contribution is 2.29. The minimum Gasteiger partial charge on any atom is -0.468 e. The summed E-state index contributed by atoms with van der Waals surface area (Å²) >= 11 is 0. The Balaban J connectivity index is 1.83. The zero-order valence-electron chi connectivity index (χ0n) is 12.8. The molecule has 0 aromatic heterocycles. The molecule has 0 aliphatic heterocycles. The van der Waals surface area contributed by atoms with Gasteiger partial charge >= 0.3 is 5.97 Å². The summed E-state index contributed by atoms with van der Waals surface area (Å²) in [6, 6.07) is 15.2. The average molecular weight is 307 g/mol. The van der Waals surface area contributed by atoms with E-state index in [4.69, 9.17) is 0 Å². The van der Waals surface area contributed by atoms with Crippen LogP contribution in [0.2, 0.25) is 0 Å². The molecule has 3 rings (SSSR count). The molecule has 0 atom stereocenters. The molecule has 0 saturated heterocycles. The van der Waals surface area contributed by atoms with Gasteiger partial charge in [0, 0.05) is 23.2 Å². The maximum atomic E-state index is 12.8. The molecule has 0 radical (unpaired) electrons. The van der Waals surface area contributed by atoms with E-state index in [-0.39, 0.29) is 18.3 Å². The van der Waals surface area contributed by atoms with Gasteiger partial charge < -0.3 is 10.1 Å². The van der Waals surface area contributed by atoms with Crippen LogP contribution >= 0.6 is 0 Å². The predicted molar refractivity (Wildman–Crippen MR) is 89.4 cm³/mol. The maximum absolute atomic E-state index is 12.8. The number of hydrogen-bond donors (Lipinski definition) is 1. The first-order valence-corrected chi connectivity index (χ1v) is 7.42. The van der Waals surface area contributed by atoms with Crippen LogP contribution in [0.5, 0.6) is 0 Å². The fourth-order valence-electron chi connectivity index (χ4n) is 2.67. The van der Waals surface area contributed by atoms with E-state index in [1.807, 2.05) is 42.5 Å². The van der Waals surface area contributed by atoms with Crippen molar-refractivity contribution in [2.45, 2.75) is 6.42 Å². The van der Waals surface area contributed by atoms with Crippen molar-refractivity contribution in [3.05, 3.63) is 70.8 Å². The van der Waals surface area contributed by atoms with Gasteiger partial charge in [-0.25, -0.2) is 0 Å². The third-order valence-electron chi connectivity index (χ3n) is 3.88. The van der Waals surface area contributed by atoms with Gasteiger partial charge in [-0.15, -0.1) is 0 Å². The highest BCUT2D eigenvalue weighted by Gasteiger charge is 2.21. The number of fused-ring (bicyclic) bond motifs is 1. The Hall–Kier alpha value is -2.88. The molecule has 1 aliphatic carbocycles. The second kappa shape index (κ2) is 6.48. The molecule has 1 N–H and O–H groups in total. The van der Waals surface area contributed by atoms with Gasteiger partial charge in [0.25, 0.3) is 0 Å². The minimum atomic E-state index is -0.375. The first-order chi connectivity index (χ1) is 11.2. The molecule has 2 aromatic rings. The predicted octanol–water partition coefficient (Wildman–Crippen LogP) is 3.09. The van der Waals surface area contributed by atoms with Crippen LogP contribution in [-0.2, 0) is 16.0 Å². The van der Waals surface area contributed by atoms with E-state index in [1.165, 1.54) is 7.11 Å². The van der Waals surface area contributed by atoms with Crippen molar-refractivity contribution < 1.29 is 14.3 Å². The van der Waals surface area contributed by atoms with Gasteiger partial charge in [0.15, 0.2) is 5.78 Å². The number of Topliss-reactive ketones (excluding diaryl/α,β-unsaturated/α-hetero) is 1. The highest BCUT2D eigenvalue weighted by molar-refractivity contribution is 6.15. The van der Waals surface area contributed by atoms with Crippen LogP contribution in [0.3, 0.4) is 0 Å². The number of benzene rings is 2. The lowest BCUT2D eigenvalue weighted by Gasteiger charge is -2.11. The fourth-order valence-corrected chi connectivity index (χ4v) is 2.67. The number of esters is 1. The molecular weight excluding hydrogens is 290 g/mol. The molecule has 0 bridgehead atoms. The SMILES string of the molecule is COC(=O)CNc1ccccc1C(=O)C1=Cc2ccccc2C1. The molecule has 116 valence electrons. The third-order valence-corrected chi connectivity index (χ3v) is 3.88. The van der Waals surface area contributed by atoms with Crippen molar-refractivity contribution in [1.82, 2.24) is 0 Å².